The molecule has 1 unspecified atom stereocenters. The van der Waals surface area contributed by atoms with Crippen molar-refractivity contribution >= 4 is 34.5 Å². The second-order valence-corrected chi connectivity index (χ2v) is 12.5. The lowest BCUT2D eigenvalue weighted by molar-refractivity contribution is -0.385. The highest BCUT2D eigenvalue weighted by Crippen LogP contribution is 2.37. The van der Waals surface area contributed by atoms with Gasteiger partial charge in [-0.2, -0.15) is 13.2 Å². The number of fused-ring (bicyclic) bond motifs is 1. The summed E-state index contributed by atoms with van der Waals surface area (Å²) in [6, 6.07) is 4.48. The molecule has 256 valence electrons. The molecule has 0 saturated carbocycles. The number of nitrogens with zero attached hydrogens (tertiary/aromatic N) is 3. The molecule has 2 aromatic carbocycles. The monoisotopic (exact) mass is 665 g/mol. The van der Waals surface area contributed by atoms with Gasteiger partial charge < -0.3 is 29.6 Å². The van der Waals surface area contributed by atoms with Gasteiger partial charge in [-0.15, -0.1) is 0 Å². The second kappa shape index (κ2) is 14.3. The van der Waals surface area contributed by atoms with Crippen LogP contribution in [0.5, 0.6) is 11.5 Å². The van der Waals surface area contributed by atoms with E-state index in [0.29, 0.717) is 22.8 Å². The second-order valence-electron chi connectivity index (χ2n) is 12.5. The summed E-state index contributed by atoms with van der Waals surface area (Å²) in [6.07, 6.45) is -5.45. The number of alkyl halides is 3. The molecule has 1 atom stereocenters. The third-order valence-electron chi connectivity index (χ3n) is 6.00. The molecule has 0 aliphatic carbocycles. The first-order valence-electron chi connectivity index (χ1n) is 14.5. The molecular weight excluding hydrogens is 627 g/mol. The van der Waals surface area contributed by atoms with Gasteiger partial charge in [-0.25, -0.2) is 19.6 Å². The summed E-state index contributed by atoms with van der Waals surface area (Å²) < 4.78 is 62.8. The van der Waals surface area contributed by atoms with Crippen LogP contribution >= 0.6 is 0 Å². The van der Waals surface area contributed by atoms with Gasteiger partial charge in [0.2, 0.25) is 0 Å². The maximum absolute atomic E-state index is 13.5. The minimum atomic E-state index is -4.81. The lowest BCUT2D eigenvalue weighted by atomic mass is 10.0. The molecule has 0 bridgehead atoms. The van der Waals surface area contributed by atoms with E-state index in [9.17, 15) is 32.9 Å². The number of aromatic nitrogens is 2. The van der Waals surface area contributed by atoms with Crippen molar-refractivity contribution < 1.29 is 46.6 Å². The van der Waals surface area contributed by atoms with Crippen molar-refractivity contribution in [2.75, 3.05) is 25.1 Å². The van der Waals surface area contributed by atoms with Gasteiger partial charge in [0.05, 0.1) is 28.6 Å². The van der Waals surface area contributed by atoms with Crippen molar-refractivity contribution in [3.63, 3.8) is 0 Å². The number of nitro benzene ring substituents is 1. The quantitative estimate of drug-likeness (QED) is 0.0974. The van der Waals surface area contributed by atoms with Crippen LogP contribution in [0.2, 0.25) is 0 Å². The first-order chi connectivity index (χ1) is 21.6. The largest absolute Gasteiger partial charge is 0.488 e. The number of carbonyl (C=O) groups excluding carboxylic acids is 2. The first-order valence-corrected chi connectivity index (χ1v) is 14.5. The van der Waals surface area contributed by atoms with Crippen LogP contribution in [0.15, 0.2) is 30.3 Å². The zero-order chi connectivity index (χ0) is 35.3. The van der Waals surface area contributed by atoms with E-state index in [1.165, 1.54) is 19.1 Å². The van der Waals surface area contributed by atoms with Crippen LogP contribution in [0.3, 0.4) is 0 Å². The molecule has 0 fully saturated rings. The van der Waals surface area contributed by atoms with E-state index < -0.39 is 58.3 Å². The summed E-state index contributed by atoms with van der Waals surface area (Å²) in [4.78, 5) is 43.8. The normalized spacial score (nSPS) is 12.7. The predicted molar refractivity (Wildman–Crippen MR) is 165 cm³/mol. The zero-order valence-corrected chi connectivity index (χ0v) is 27.3. The van der Waals surface area contributed by atoms with Gasteiger partial charge in [0.15, 0.2) is 18.1 Å². The molecule has 1 aromatic heterocycles. The number of amides is 1. The number of ether oxygens (including phenoxy) is 4. The van der Waals surface area contributed by atoms with Crippen molar-refractivity contribution in [2.24, 2.45) is 0 Å². The van der Waals surface area contributed by atoms with Crippen LogP contribution in [-0.4, -0.2) is 57.9 Å². The van der Waals surface area contributed by atoms with E-state index in [1.807, 2.05) is 0 Å². The van der Waals surface area contributed by atoms with Crippen molar-refractivity contribution in [3.8, 4) is 11.5 Å². The third kappa shape index (κ3) is 11.1. The number of esters is 1. The number of nitro groups is 1. The predicted octanol–water partition coefficient (Wildman–Crippen LogP) is 6.66. The molecule has 1 heterocycles. The Morgan fingerprint density at radius 3 is 2.17 bits per heavy atom. The summed E-state index contributed by atoms with van der Waals surface area (Å²) in [5, 5.41) is 17.3. The molecule has 0 radical (unpaired) electrons. The van der Waals surface area contributed by atoms with E-state index in [1.54, 1.807) is 48.5 Å². The number of carbonyl (C=O) groups is 2. The Balaban J connectivity index is 1.97. The Morgan fingerprint density at radius 1 is 0.936 bits per heavy atom. The fourth-order valence-electron chi connectivity index (χ4n) is 4.17. The van der Waals surface area contributed by atoms with Gasteiger partial charge in [-0.3, -0.25) is 10.1 Å². The van der Waals surface area contributed by atoms with Crippen LogP contribution in [0, 0.1) is 17.0 Å². The van der Waals surface area contributed by atoms with Crippen LogP contribution in [0.25, 0.3) is 10.9 Å². The van der Waals surface area contributed by atoms with E-state index in [0.717, 1.165) is 12.1 Å². The molecule has 0 saturated heterocycles. The van der Waals surface area contributed by atoms with Crippen molar-refractivity contribution in [1.82, 2.24) is 15.3 Å². The van der Waals surface area contributed by atoms with Gasteiger partial charge in [0.1, 0.15) is 29.5 Å². The Kier molecular flexibility index (Phi) is 11.1. The summed E-state index contributed by atoms with van der Waals surface area (Å²) in [5.74, 6) is 0.0621. The molecule has 16 heteroatoms. The van der Waals surface area contributed by atoms with Crippen LogP contribution in [0.4, 0.5) is 29.5 Å². The fraction of sp³-hybridized carbons (Fsp3) is 0.484. The minimum absolute atomic E-state index is 0.00483. The van der Waals surface area contributed by atoms with E-state index in [2.05, 4.69) is 20.6 Å². The Hall–Kier alpha value is -4.89. The molecule has 2 N–H and O–H groups in total. The number of rotatable bonds is 11. The minimum Gasteiger partial charge on any atom is -0.488 e. The number of hydrogen-bond acceptors (Lipinski definition) is 11. The van der Waals surface area contributed by atoms with Gasteiger partial charge >= 0.3 is 18.2 Å². The van der Waals surface area contributed by atoms with Crippen molar-refractivity contribution in [3.05, 3.63) is 57.4 Å². The van der Waals surface area contributed by atoms with Crippen LogP contribution in [0.1, 0.15) is 71.5 Å². The van der Waals surface area contributed by atoms with Crippen LogP contribution in [-0.2, 0) is 20.4 Å². The topological polar surface area (TPSA) is 164 Å². The molecule has 1 amide bonds. The highest BCUT2D eigenvalue weighted by molar-refractivity contribution is 5.92. The molecule has 0 aliphatic rings. The molecule has 0 spiro atoms. The summed E-state index contributed by atoms with van der Waals surface area (Å²) in [7, 11) is 0. The SMILES string of the molecule is Cc1nc(NC(C)c2cc([N+](=O)[O-])cc(C(F)(F)F)c2)c2cc(OCC(=O)OC(C)(C)C)c(OCCNC(=O)OC(C)(C)C)cc2n1. The number of nitrogens with one attached hydrogen (secondary N) is 2. The van der Waals surface area contributed by atoms with Gasteiger partial charge in [-0.1, -0.05) is 0 Å². The number of alkyl carbamates (subject to hydrolysis) is 1. The van der Waals surface area contributed by atoms with Crippen molar-refractivity contribution in [1.29, 1.82) is 0 Å². The van der Waals surface area contributed by atoms with Gasteiger partial charge in [0, 0.05) is 23.6 Å². The average Bonchev–Trinajstić information content (AvgIpc) is 2.91. The highest BCUT2D eigenvalue weighted by Gasteiger charge is 2.33. The maximum atomic E-state index is 13.5. The van der Waals surface area contributed by atoms with E-state index in [-0.39, 0.29) is 36.0 Å². The molecule has 3 aromatic rings. The number of aryl methyl sites for hydroxylation is 1. The molecule has 3 rings (SSSR count). The summed E-state index contributed by atoms with van der Waals surface area (Å²) >= 11 is 0. The Bertz CT molecular complexity index is 1630. The lowest BCUT2D eigenvalue weighted by Gasteiger charge is -2.21. The number of anilines is 1. The molecule has 13 nitrogen and oxygen atoms in total. The number of non-ortho nitro benzene ring substituents is 1. The standard InChI is InChI=1S/C31H38F3N5O8/c1-17(19-11-20(31(32,33)34)13-21(12-19)39(42)43)36-27-22-14-24(45-16-26(40)46-29(3,4)5)25(15-23(22)37-18(2)38-27)44-10-9-35-28(41)47-30(6,7)8/h11-15,17H,9-10,16H2,1-8H3,(H,35,41)(H,36,37,38). The number of benzene rings is 2. The van der Waals surface area contributed by atoms with Crippen molar-refractivity contribution in [2.45, 2.75) is 78.8 Å². The Morgan fingerprint density at radius 2 is 1.57 bits per heavy atom. The average molecular weight is 666 g/mol. The van der Waals surface area contributed by atoms with Crippen LogP contribution < -0.4 is 20.1 Å². The molecule has 0 aliphatic heterocycles. The molecular formula is C31H38F3N5O8. The van der Waals surface area contributed by atoms with E-state index >= 15 is 0 Å². The fourth-order valence-corrected chi connectivity index (χ4v) is 4.17. The summed E-state index contributed by atoms with van der Waals surface area (Å²) in [5.41, 5.74) is -3.00. The third-order valence-corrected chi connectivity index (χ3v) is 6.00. The van der Waals surface area contributed by atoms with Gasteiger partial charge in [0.25, 0.3) is 5.69 Å². The lowest BCUT2D eigenvalue weighted by Crippen LogP contribution is -2.34. The number of hydrogen-bond donors (Lipinski definition) is 2. The zero-order valence-electron chi connectivity index (χ0n) is 27.3. The Labute approximate surface area is 269 Å². The summed E-state index contributed by atoms with van der Waals surface area (Å²) in [6.45, 7) is 13.0. The first kappa shape index (κ1) is 36.6. The maximum Gasteiger partial charge on any atom is 0.416 e. The van der Waals surface area contributed by atoms with E-state index in [4.69, 9.17) is 18.9 Å². The smallest absolute Gasteiger partial charge is 0.416 e. The molecule has 47 heavy (non-hydrogen) atoms. The number of halogens is 3. The van der Waals surface area contributed by atoms with Gasteiger partial charge in [-0.05, 0) is 73.1 Å². The highest BCUT2D eigenvalue weighted by atomic mass is 19.4.